The maximum atomic E-state index is 12.6. The molecule has 0 aromatic heterocycles. The van der Waals surface area contributed by atoms with Crippen molar-refractivity contribution in [3.8, 4) is 11.1 Å². The molecule has 0 spiro atoms. The highest BCUT2D eigenvalue weighted by atomic mass is 16.7. The molecule has 1 amide bonds. The van der Waals surface area contributed by atoms with Crippen molar-refractivity contribution in [2.45, 2.75) is 31.1 Å². The molecule has 3 aromatic carbocycles. The summed E-state index contributed by atoms with van der Waals surface area (Å²) in [6.07, 6.45) is -0.144. The van der Waals surface area contributed by atoms with Gasteiger partial charge in [-0.1, -0.05) is 72.8 Å². The van der Waals surface area contributed by atoms with Crippen LogP contribution < -0.4 is 5.32 Å². The van der Waals surface area contributed by atoms with Crippen LogP contribution in [0, 0.1) is 0 Å². The van der Waals surface area contributed by atoms with E-state index in [-0.39, 0.29) is 18.9 Å². The van der Waals surface area contributed by atoms with E-state index >= 15 is 0 Å². The van der Waals surface area contributed by atoms with Gasteiger partial charge in [-0.2, -0.15) is 0 Å². The van der Waals surface area contributed by atoms with E-state index in [0.29, 0.717) is 13.2 Å². The van der Waals surface area contributed by atoms with Gasteiger partial charge in [0.05, 0.1) is 13.2 Å². The fourth-order valence-electron chi connectivity index (χ4n) is 4.71. The van der Waals surface area contributed by atoms with Crippen molar-refractivity contribution in [1.82, 2.24) is 5.32 Å². The fraction of sp³-hybridized carbons (Fsp3) is 0.286. The average Bonchev–Trinajstić information content (AvgIpc) is 3.21. The minimum atomic E-state index is -1.12. The van der Waals surface area contributed by atoms with Gasteiger partial charge in [-0.3, -0.25) is 0 Å². The molecule has 7 nitrogen and oxygen atoms in total. The lowest BCUT2D eigenvalue weighted by Gasteiger charge is -2.23. The summed E-state index contributed by atoms with van der Waals surface area (Å²) in [5, 5.41) is 12.2. The molecule has 0 bridgehead atoms. The van der Waals surface area contributed by atoms with Crippen molar-refractivity contribution < 1.29 is 28.9 Å². The number of hydrogen-bond acceptors (Lipinski definition) is 5. The number of benzene rings is 3. The topological polar surface area (TPSA) is 94.1 Å². The van der Waals surface area contributed by atoms with E-state index in [9.17, 15) is 14.7 Å². The number of rotatable bonds is 7. The number of amides is 1. The van der Waals surface area contributed by atoms with Crippen molar-refractivity contribution in [2.75, 3.05) is 19.8 Å². The van der Waals surface area contributed by atoms with Crippen molar-refractivity contribution in [3.05, 3.63) is 95.1 Å². The molecule has 1 saturated heterocycles. The van der Waals surface area contributed by atoms with Gasteiger partial charge in [-0.25, -0.2) is 9.59 Å². The van der Waals surface area contributed by atoms with E-state index in [1.165, 1.54) is 0 Å². The van der Waals surface area contributed by atoms with E-state index < -0.39 is 24.4 Å². The maximum Gasteiger partial charge on any atom is 0.407 e. The van der Waals surface area contributed by atoms with E-state index in [0.717, 1.165) is 39.8 Å². The highest BCUT2D eigenvalue weighted by molar-refractivity contribution is 5.81. The summed E-state index contributed by atoms with van der Waals surface area (Å²) in [5.74, 6) is -1.21. The predicted octanol–water partition coefficient (Wildman–Crippen LogP) is 4.66. The number of nitrogens with one attached hydrogen (secondary N) is 1. The van der Waals surface area contributed by atoms with Gasteiger partial charge in [-0.05, 0) is 34.2 Å². The third kappa shape index (κ3) is 5.06. The number of fused-ring (bicyclic) bond motifs is 3. The summed E-state index contributed by atoms with van der Waals surface area (Å²) >= 11 is 0. The van der Waals surface area contributed by atoms with Crippen LogP contribution in [0.5, 0.6) is 0 Å². The van der Waals surface area contributed by atoms with Crippen LogP contribution in [-0.2, 0) is 25.4 Å². The molecule has 1 aliphatic heterocycles. The monoisotopic (exact) mass is 473 g/mol. The second-order valence-corrected chi connectivity index (χ2v) is 8.73. The molecule has 1 aliphatic carbocycles. The Labute approximate surface area is 203 Å². The molecule has 180 valence electrons. The highest BCUT2D eigenvalue weighted by Gasteiger charge is 2.30. The summed E-state index contributed by atoms with van der Waals surface area (Å²) in [7, 11) is 0. The summed E-state index contributed by atoms with van der Waals surface area (Å²) in [6, 6.07) is 22.4. The second-order valence-electron chi connectivity index (χ2n) is 8.73. The molecular weight excluding hydrogens is 446 g/mol. The second kappa shape index (κ2) is 10.3. The molecule has 2 N–H and O–H groups in total. The third-order valence-electron chi connectivity index (χ3n) is 6.45. The van der Waals surface area contributed by atoms with Crippen LogP contribution in [0.3, 0.4) is 0 Å². The van der Waals surface area contributed by atoms with Gasteiger partial charge in [0.2, 0.25) is 0 Å². The first-order valence-electron chi connectivity index (χ1n) is 11.8. The lowest BCUT2D eigenvalue weighted by molar-refractivity contribution is -0.183. The number of carbonyl (C=O) groups is 2. The molecule has 1 atom stereocenters. The van der Waals surface area contributed by atoms with Gasteiger partial charge >= 0.3 is 12.1 Å². The van der Waals surface area contributed by atoms with Gasteiger partial charge in [0.15, 0.2) is 6.29 Å². The van der Waals surface area contributed by atoms with Crippen molar-refractivity contribution in [1.29, 1.82) is 0 Å². The highest BCUT2D eigenvalue weighted by Crippen LogP contribution is 2.44. The summed E-state index contributed by atoms with van der Waals surface area (Å²) in [5.41, 5.74) is 6.12. The largest absolute Gasteiger partial charge is 0.480 e. The Kier molecular flexibility index (Phi) is 6.79. The lowest BCUT2D eigenvalue weighted by atomic mass is 9.98. The van der Waals surface area contributed by atoms with Crippen molar-refractivity contribution in [3.63, 3.8) is 0 Å². The first-order valence-corrected chi connectivity index (χ1v) is 11.8. The Bertz CT molecular complexity index is 1160. The third-order valence-corrected chi connectivity index (χ3v) is 6.45. The van der Waals surface area contributed by atoms with E-state index in [1.54, 1.807) is 0 Å². The van der Waals surface area contributed by atoms with Crippen LogP contribution in [0.2, 0.25) is 0 Å². The van der Waals surface area contributed by atoms with Crippen LogP contribution in [0.1, 0.15) is 40.9 Å². The minimum Gasteiger partial charge on any atom is -0.480 e. The van der Waals surface area contributed by atoms with Crippen molar-refractivity contribution in [2.24, 2.45) is 0 Å². The molecule has 0 radical (unpaired) electrons. The van der Waals surface area contributed by atoms with Gasteiger partial charge in [0.25, 0.3) is 0 Å². The van der Waals surface area contributed by atoms with Crippen LogP contribution in [-0.4, -0.2) is 43.0 Å². The maximum absolute atomic E-state index is 12.6. The number of carbonyl (C=O) groups excluding carboxylic acids is 1. The molecule has 3 aromatic rings. The molecule has 0 saturated carbocycles. The number of carboxylic acid groups (broad SMARTS) is 1. The Hall–Kier alpha value is -3.68. The first-order chi connectivity index (χ1) is 17.1. The first kappa shape index (κ1) is 23.1. The van der Waals surface area contributed by atoms with Gasteiger partial charge in [-0.15, -0.1) is 0 Å². The zero-order valence-corrected chi connectivity index (χ0v) is 19.2. The smallest absolute Gasteiger partial charge is 0.407 e. The quantitative estimate of drug-likeness (QED) is 0.519. The standard InChI is InChI=1S/C28H27NO6/c30-26(31)25(16-18-10-12-19(13-11-18)27-33-14-5-15-34-27)29-28(32)35-17-24-22-8-3-1-6-20(22)21-7-2-4-9-23(21)24/h1-4,6-13,24-25,27H,5,14-17H2,(H,29,32)(H,30,31). The zero-order chi connectivity index (χ0) is 24.2. The normalized spacial score (nSPS) is 16.2. The molecule has 7 heteroatoms. The van der Waals surface area contributed by atoms with Crippen LogP contribution in [0.25, 0.3) is 11.1 Å². The molecule has 1 fully saturated rings. The molecule has 2 aliphatic rings. The zero-order valence-electron chi connectivity index (χ0n) is 19.2. The Balaban J connectivity index is 1.20. The fourth-order valence-corrected chi connectivity index (χ4v) is 4.71. The lowest BCUT2D eigenvalue weighted by Crippen LogP contribution is -2.42. The Morgan fingerprint density at radius 1 is 0.914 bits per heavy atom. The SMILES string of the molecule is O=C(NC(Cc1ccc(C2OCCCO2)cc1)C(=O)O)OCC1c2ccccc2-c2ccccc21. The van der Waals surface area contributed by atoms with Gasteiger partial charge < -0.3 is 24.6 Å². The molecule has 1 heterocycles. The number of aliphatic carboxylic acids is 1. The Morgan fingerprint density at radius 2 is 1.51 bits per heavy atom. The molecule has 35 heavy (non-hydrogen) atoms. The summed E-state index contributed by atoms with van der Waals surface area (Å²) in [6.45, 7) is 1.43. The van der Waals surface area contributed by atoms with E-state index in [1.807, 2.05) is 60.7 Å². The van der Waals surface area contributed by atoms with E-state index in [2.05, 4.69) is 17.4 Å². The number of ether oxygens (including phenoxy) is 3. The van der Waals surface area contributed by atoms with Crippen LogP contribution in [0.4, 0.5) is 4.79 Å². The average molecular weight is 474 g/mol. The summed E-state index contributed by atoms with van der Waals surface area (Å²) < 4.78 is 16.7. The molecule has 1 unspecified atom stereocenters. The predicted molar refractivity (Wildman–Crippen MR) is 129 cm³/mol. The Morgan fingerprint density at radius 3 is 2.11 bits per heavy atom. The molecular formula is C28H27NO6. The number of hydrogen-bond donors (Lipinski definition) is 2. The van der Waals surface area contributed by atoms with Gasteiger partial charge in [0, 0.05) is 17.9 Å². The van der Waals surface area contributed by atoms with Crippen LogP contribution >= 0.6 is 0 Å². The van der Waals surface area contributed by atoms with Gasteiger partial charge in [0.1, 0.15) is 12.6 Å². The van der Waals surface area contributed by atoms with Crippen LogP contribution in [0.15, 0.2) is 72.8 Å². The van der Waals surface area contributed by atoms with E-state index in [4.69, 9.17) is 14.2 Å². The number of alkyl carbamates (subject to hydrolysis) is 1. The van der Waals surface area contributed by atoms with Crippen molar-refractivity contribution >= 4 is 12.1 Å². The summed E-state index contributed by atoms with van der Waals surface area (Å²) in [4.78, 5) is 24.4. The minimum absolute atomic E-state index is 0.0896. The number of carboxylic acids is 1. The molecule has 5 rings (SSSR count).